The van der Waals surface area contributed by atoms with Gasteiger partial charge >= 0.3 is 0 Å². The van der Waals surface area contributed by atoms with Gasteiger partial charge in [-0.25, -0.2) is 0 Å². The second kappa shape index (κ2) is 5.27. The van der Waals surface area contributed by atoms with Crippen LogP contribution in [0.15, 0.2) is 23.3 Å². The van der Waals surface area contributed by atoms with Gasteiger partial charge in [-0.15, -0.1) is 0 Å². The monoisotopic (exact) mass is 248 g/mol. The molecule has 2 heterocycles. The minimum atomic E-state index is 0.608. The molecular formula is C13H16N2O3. The molecule has 1 aromatic rings. The summed E-state index contributed by atoms with van der Waals surface area (Å²) in [5.74, 6) is 1.61. The summed E-state index contributed by atoms with van der Waals surface area (Å²) >= 11 is 0. The molecule has 0 aromatic heterocycles. The molecule has 18 heavy (non-hydrogen) atoms. The number of hydrogen-bond donors (Lipinski definition) is 0. The molecule has 5 heteroatoms. The first-order valence-corrected chi connectivity index (χ1v) is 6.18. The Bertz CT molecular complexity index is 442. The Hall–Kier alpha value is -1.75. The van der Waals surface area contributed by atoms with Gasteiger partial charge in [0.2, 0.25) is 0 Å². The predicted octanol–water partition coefficient (Wildman–Crippen LogP) is 1.12. The van der Waals surface area contributed by atoms with Crippen molar-refractivity contribution in [1.29, 1.82) is 0 Å². The normalized spacial score (nSPS) is 19.2. The molecule has 5 nitrogen and oxygen atoms in total. The molecule has 0 aliphatic carbocycles. The maximum absolute atomic E-state index is 5.54. The van der Waals surface area contributed by atoms with Crippen LogP contribution < -0.4 is 9.47 Å². The van der Waals surface area contributed by atoms with Crippen LogP contribution in [0, 0.1) is 0 Å². The maximum atomic E-state index is 5.54. The van der Waals surface area contributed by atoms with Crippen molar-refractivity contribution in [2.24, 2.45) is 5.10 Å². The second-order valence-electron chi connectivity index (χ2n) is 4.21. The number of hydrogen-bond acceptors (Lipinski definition) is 5. The molecular weight excluding hydrogens is 232 g/mol. The van der Waals surface area contributed by atoms with Crippen molar-refractivity contribution in [3.05, 3.63) is 23.8 Å². The van der Waals surface area contributed by atoms with Crippen LogP contribution in [0.2, 0.25) is 0 Å². The summed E-state index contributed by atoms with van der Waals surface area (Å²) < 4.78 is 16.3. The molecule has 0 N–H and O–H groups in total. The van der Waals surface area contributed by atoms with Gasteiger partial charge < -0.3 is 14.2 Å². The lowest BCUT2D eigenvalue weighted by Gasteiger charge is -2.23. The molecule has 0 spiro atoms. The minimum absolute atomic E-state index is 0.608. The first-order chi connectivity index (χ1) is 8.92. The van der Waals surface area contributed by atoms with E-state index in [9.17, 15) is 0 Å². The van der Waals surface area contributed by atoms with Gasteiger partial charge in [0, 0.05) is 0 Å². The SMILES string of the molecule is C(=N\N1CCOCC1)/c1ccc2c(c1)OCCO2. The van der Waals surface area contributed by atoms with Crippen molar-refractivity contribution in [3.63, 3.8) is 0 Å². The predicted molar refractivity (Wildman–Crippen MR) is 67.4 cm³/mol. The molecule has 0 bridgehead atoms. The largest absolute Gasteiger partial charge is 0.486 e. The van der Waals surface area contributed by atoms with Gasteiger partial charge in [-0.05, 0) is 23.8 Å². The summed E-state index contributed by atoms with van der Waals surface area (Å²) in [4.78, 5) is 0. The van der Waals surface area contributed by atoms with Crippen LogP contribution in [0.3, 0.4) is 0 Å². The van der Waals surface area contributed by atoms with E-state index < -0.39 is 0 Å². The van der Waals surface area contributed by atoms with Gasteiger partial charge in [0.15, 0.2) is 11.5 Å². The van der Waals surface area contributed by atoms with Crippen LogP contribution in [-0.2, 0) is 4.74 Å². The molecule has 1 aromatic carbocycles. The summed E-state index contributed by atoms with van der Waals surface area (Å²) in [6.07, 6.45) is 1.85. The zero-order valence-corrected chi connectivity index (χ0v) is 10.2. The zero-order chi connectivity index (χ0) is 12.2. The van der Waals surface area contributed by atoms with Gasteiger partial charge in [0.1, 0.15) is 13.2 Å². The Morgan fingerprint density at radius 2 is 1.78 bits per heavy atom. The minimum Gasteiger partial charge on any atom is -0.486 e. The first kappa shape index (κ1) is 11.3. The molecule has 0 amide bonds. The standard InChI is InChI=1S/C13H16N2O3/c1-2-12-13(18-8-7-17-12)9-11(1)10-14-15-3-5-16-6-4-15/h1-2,9-10H,3-8H2/b14-10+. The van der Waals surface area contributed by atoms with Gasteiger partial charge in [0.25, 0.3) is 0 Å². The highest BCUT2D eigenvalue weighted by atomic mass is 16.6. The Balaban J connectivity index is 1.70. The van der Waals surface area contributed by atoms with E-state index in [2.05, 4.69) is 5.10 Å². The Morgan fingerprint density at radius 1 is 1.00 bits per heavy atom. The van der Waals surface area contributed by atoms with Gasteiger partial charge in [-0.1, -0.05) is 0 Å². The average Bonchev–Trinajstić information content (AvgIpc) is 2.46. The van der Waals surface area contributed by atoms with Crippen LogP contribution in [0.5, 0.6) is 11.5 Å². The third kappa shape index (κ3) is 2.56. The van der Waals surface area contributed by atoms with Crippen LogP contribution in [0.4, 0.5) is 0 Å². The lowest BCUT2D eigenvalue weighted by molar-refractivity contribution is 0.0397. The number of nitrogens with zero attached hydrogens (tertiary/aromatic N) is 2. The third-order valence-corrected chi connectivity index (χ3v) is 2.92. The van der Waals surface area contributed by atoms with Crippen molar-refractivity contribution in [3.8, 4) is 11.5 Å². The maximum Gasteiger partial charge on any atom is 0.162 e. The molecule has 0 atom stereocenters. The van der Waals surface area contributed by atoms with Crippen molar-refractivity contribution in [1.82, 2.24) is 5.01 Å². The highest BCUT2D eigenvalue weighted by Crippen LogP contribution is 2.30. The fraction of sp³-hybridized carbons (Fsp3) is 0.462. The number of morpholine rings is 1. The zero-order valence-electron chi connectivity index (χ0n) is 10.2. The molecule has 0 unspecified atom stereocenters. The van der Waals surface area contributed by atoms with E-state index in [0.717, 1.165) is 43.4 Å². The summed E-state index contributed by atoms with van der Waals surface area (Å²) in [6, 6.07) is 5.87. The summed E-state index contributed by atoms with van der Waals surface area (Å²) in [5.41, 5.74) is 1.02. The van der Waals surface area contributed by atoms with E-state index in [1.165, 1.54) is 0 Å². The van der Waals surface area contributed by atoms with Gasteiger partial charge in [-0.2, -0.15) is 5.10 Å². The lowest BCUT2D eigenvalue weighted by atomic mass is 10.2. The van der Waals surface area contributed by atoms with Crippen molar-refractivity contribution >= 4 is 6.21 Å². The fourth-order valence-electron chi connectivity index (χ4n) is 1.96. The molecule has 96 valence electrons. The highest BCUT2D eigenvalue weighted by molar-refractivity contribution is 5.80. The van der Waals surface area contributed by atoms with Crippen molar-refractivity contribution in [2.45, 2.75) is 0 Å². The quantitative estimate of drug-likeness (QED) is 0.736. The van der Waals surface area contributed by atoms with E-state index in [0.29, 0.717) is 13.2 Å². The summed E-state index contributed by atoms with van der Waals surface area (Å²) in [7, 11) is 0. The highest BCUT2D eigenvalue weighted by Gasteiger charge is 2.11. The van der Waals surface area contributed by atoms with Crippen LogP contribution in [0.1, 0.15) is 5.56 Å². The van der Waals surface area contributed by atoms with Gasteiger partial charge in [0.05, 0.1) is 32.5 Å². The molecule has 3 rings (SSSR count). The molecule has 1 fully saturated rings. The summed E-state index contributed by atoms with van der Waals surface area (Å²) in [6.45, 7) is 4.42. The molecule has 1 saturated heterocycles. The van der Waals surface area contributed by atoms with E-state index in [1.807, 2.05) is 29.4 Å². The number of benzene rings is 1. The van der Waals surface area contributed by atoms with E-state index in [1.54, 1.807) is 0 Å². The van der Waals surface area contributed by atoms with Crippen molar-refractivity contribution in [2.75, 3.05) is 39.5 Å². The van der Waals surface area contributed by atoms with Crippen LogP contribution >= 0.6 is 0 Å². The molecule has 0 saturated carbocycles. The molecule has 2 aliphatic rings. The van der Waals surface area contributed by atoms with E-state index in [-0.39, 0.29) is 0 Å². The van der Waals surface area contributed by atoms with Crippen molar-refractivity contribution < 1.29 is 14.2 Å². The Morgan fingerprint density at radius 3 is 2.61 bits per heavy atom. The number of hydrazone groups is 1. The average molecular weight is 248 g/mol. The van der Waals surface area contributed by atoms with E-state index in [4.69, 9.17) is 14.2 Å². The van der Waals surface area contributed by atoms with Gasteiger partial charge in [-0.3, -0.25) is 5.01 Å². The smallest absolute Gasteiger partial charge is 0.162 e. The molecule has 2 aliphatic heterocycles. The molecule has 0 radical (unpaired) electrons. The second-order valence-corrected chi connectivity index (χ2v) is 4.21. The number of fused-ring (bicyclic) bond motifs is 1. The third-order valence-electron chi connectivity index (χ3n) is 2.92. The first-order valence-electron chi connectivity index (χ1n) is 6.18. The van der Waals surface area contributed by atoms with Crippen LogP contribution in [0.25, 0.3) is 0 Å². The summed E-state index contributed by atoms with van der Waals surface area (Å²) in [5, 5.41) is 6.45. The number of ether oxygens (including phenoxy) is 3. The van der Waals surface area contributed by atoms with Crippen LogP contribution in [-0.4, -0.2) is 50.7 Å². The lowest BCUT2D eigenvalue weighted by Crippen LogP contribution is -2.32. The van der Waals surface area contributed by atoms with E-state index >= 15 is 0 Å². The fourth-order valence-corrected chi connectivity index (χ4v) is 1.96. The Kier molecular flexibility index (Phi) is 3.32. The number of rotatable bonds is 2. The topological polar surface area (TPSA) is 43.3 Å². The Labute approximate surface area is 106 Å².